The first-order valence-corrected chi connectivity index (χ1v) is 5.55. The van der Waals surface area contributed by atoms with Gasteiger partial charge in [-0.3, -0.25) is 0 Å². The van der Waals surface area contributed by atoms with Crippen molar-refractivity contribution in [2.24, 2.45) is 0 Å². The van der Waals surface area contributed by atoms with Crippen LogP contribution >= 0.6 is 11.6 Å². The molecule has 2 rings (SSSR count). The number of rotatable bonds is 4. The fourth-order valence-corrected chi connectivity index (χ4v) is 1.69. The molecule has 16 heavy (non-hydrogen) atoms. The van der Waals surface area contributed by atoms with Gasteiger partial charge >= 0.3 is 0 Å². The van der Waals surface area contributed by atoms with Crippen LogP contribution < -0.4 is 5.32 Å². The van der Waals surface area contributed by atoms with Gasteiger partial charge in [0.05, 0.1) is 18.2 Å². The Bertz CT molecular complexity index is 356. The summed E-state index contributed by atoms with van der Waals surface area (Å²) >= 11 is 5.66. The molecule has 0 amide bonds. The van der Waals surface area contributed by atoms with Crippen molar-refractivity contribution in [1.82, 2.24) is 0 Å². The molecule has 1 saturated heterocycles. The van der Waals surface area contributed by atoms with Crippen LogP contribution in [0.3, 0.4) is 0 Å². The highest BCUT2D eigenvalue weighted by Crippen LogP contribution is 2.19. The van der Waals surface area contributed by atoms with Gasteiger partial charge in [-0.15, -0.1) is 0 Å². The van der Waals surface area contributed by atoms with E-state index >= 15 is 0 Å². The van der Waals surface area contributed by atoms with E-state index in [0.717, 1.165) is 12.1 Å². The number of ether oxygens (including phenoxy) is 2. The molecule has 88 valence electrons. The third kappa shape index (κ3) is 3.07. The summed E-state index contributed by atoms with van der Waals surface area (Å²) < 4.78 is 23.4. The molecular weight excluding hydrogens is 233 g/mol. The molecule has 1 aromatic rings. The van der Waals surface area contributed by atoms with E-state index in [1.165, 1.54) is 6.07 Å². The predicted octanol–water partition coefficient (Wildman–Crippen LogP) is 2.65. The number of anilines is 1. The molecular formula is C11H13ClFNO2. The van der Waals surface area contributed by atoms with Gasteiger partial charge in [-0.1, -0.05) is 11.6 Å². The van der Waals surface area contributed by atoms with Crippen LogP contribution in [0.25, 0.3) is 0 Å². The van der Waals surface area contributed by atoms with E-state index in [-0.39, 0.29) is 11.3 Å². The fraction of sp³-hybridized carbons (Fsp3) is 0.455. The summed E-state index contributed by atoms with van der Waals surface area (Å²) in [4.78, 5) is 0. The summed E-state index contributed by atoms with van der Waals surface area (Å²) in [5.41, 5.74) is 0.796. The maximum Gasteiger partial charge on any atom is 0.159 e. The molecule has 0 spiro atoms. The quantitative estimate of drug-likeness (QED) is 0.885. The van der Waals surface area contributed by atoms with Crippen LogP contribution in [0.1, 0.15) is 6.42 Å². The van der Waals surface area contributed by atoms with E-state index in [4.69, 9.17) is 21.1 Å². The fourth-order valence-electron chi connectivity index (χ4n) is 1.51. The molecule has 5 heteroatoms. The molecule has 1 fully saturated rings. The van der Waals surface area contributed by atoms with E-state index < -0.39 is 5.82 Å². The van der Waals surface area contributed by atoms with Crippen LogP contribution in [0.5, 0.6) is 0 Å². The van der Waals surface area contributed by atoms with Crippen LogP contribution in [-0.2, 0) is 9.47 Å². The van der Waals surface area contributed by atoms with E-state index in [0.29, 0.717) is 19.8 Å². The highest BCUT2D eigenvalue weighted by Gasteiger charge is 2.14. The van der Waals surface area contributed by atoms with Crippen molar-refractivity contribution in [3.05, 3.63) is 29.0 Å². The summed E-state index contributed by atoms with van der Waals surface area (Å²) in [6.07, 6.45) is 0.637. The number of nitrogens with one attached hydrogen (secondary N) is 1. The topological polar surface area (TPSA) is 30.5 Å². The Morgan fingerprint density at radius 2 is 2.12 bits per heavy atom. The van der Waals surface area contributed by atoms with Gasteiger partial charge in [-0.05, 0) is 18.2 Å². The molecule has 1 aliphatic heterocycles. The van der Waals surface area contributed by atoms with E-state index in [1.807, 2.05) is 0 Å². The van der Waals surface area contributed by atoms with E-state index in [1.54, 1.807) is 12.1 Å². The number of hydrogen-bond donors (Lipinski definition) is 1. The van der Waals surface area contributed by atoms with Crippen molar-refractivity contribution in [2.45, 2.75) is 12.7 Å². The second kappa shape index (κ2) is 5.48. The zero-order valence-corrected chi connectivity index (χ0v) is 9.47. The molecule has 0 saturated carbocycles. The first kappa shape index (κ1) is 11.6. The molecule has 0 atom stereocenters. The Morgan fingerprint density at radius 3 is 2.81 bits per heavy atom. The van der Waals surface area contributed by atoms with Gasteiger partial charge < -0.3 is 14.8 Å². The molecule has 0 aromatic heterocycles. The molecule has 1 aromatic carbocycles. The van der Waals surface area contributed by atoms with Crippen molar-refractivity contribution >= 4 is 17.3 Å². The monoisotopic (exact) mass is 245 g/mol. The third-order valence-corrected chi connectivity index (χ3v) is 2.61. The summed E-state index contributed by atoms with van der Waals surface area (Å²) in [6.45, 7) is 2.02. The zero-order chi connectivity index (χ0) is 11.4. The molecule has 1 heterocycles. The van der Waals surface area contributed by atoms with E-state index in [2.05, 4.69) is 5.32 Å². The van der Waals surface area contributed by atoms with E-state index in [9.17, 15) is 4.39 Å². The van der Waals surface area contributed by atoms with Crippen molar-refractivity contribution in [3.8, 4) is 0 Å². The lowest BCUT2D eigenvalue weighted by Gasteiger charge is -2.10. The molecule has 0 bridgehead atoms. The van der Waals surface area contributed by atoms with Gasteiger partial charge in [0.25, 0.3) is 0 Å². The highest BCUT2D eigenvalue weighted by molar-refractivity contribution is 6.31. The third-order valence-electron chi connectivity index (χ3n) is 2.32. The van der Waals surface area contributed by atoms with Crippen molar-refractivity contribution in [3.63, 3.8) is 0 Å². The Balaban J connectivity index is 1.78. The predicted molar refractivity (Wildman–Crippen MR) is 60.2 cm³/mol. The van der Waals surface area contributed by atoms with Crippen LogP contribution in [0.15, 0.2) is 18.2 Å². The summed E-state index contributed by atoms with van der Waals surface area (Å²) in [6, 6.07) is 4.55. The van der Waals surface area contributed by atoms with Crippen LogP contribution in [-0.4, -0.2) is 26.0 Å². The molecule has 3 nitrogen and oxygen atoms in total. The van der Waals surface area contributed by atoms with Gasteiger partial charge in [0.15, 0.2) is 6.29 Å². The van der Waals surface area contributed by atoms with Crippen LogP contribution in [0.2, 0.25) is 5.02 Å². The first-order chi connectivity index (χ1) is 7.75. The molecule has 1 aliphatic rings. The summed E-state index contributed by atoms with van der Waals surface area (Å²) in [5, 5.41) is 3.25. The normalized spacial score (nSPS) is 16.6. The van der Waals surface area contributed by atoms with Crippen LogP contribution in [0, 0.1) is 5.82 Å². The maximum absolute atomic E-state index is 12.9. The second-order valence-electron chi connectivity index (χ2n) is 3.52. The van der Waals surface area contributed by atoms with Gasteiger partial charge in [0, 0.05) is 18.7 Å². The number of hydrogen-bond acceptors (Lipinski definition) is 3. The second-order valence-corrected chi connectivity index (χ2v) is 3.92. The lowest BCUT2D eigenvalue weighted by molar-refractivity contribution is -0.0439. The Hall–Kier alpha value is -0.840. The lowest BCUT2D eigenvalue weighted by atomic mass is 10.3. The minimum absolute atomic E-state index is 0.122. The SMILES string of the molecule is Fc1ccc(NCCC2OCCO2)cc1Cl. The molecule has 0 aliphatic carbocycles. The highest BCUT2D eigenvalue weighted by atomic mass is 35.5. The van der Waals surface area contributed by atoms with Gasteiger partial charge in [-0.2, -0.15) is 0 Å². The van der Waals surface area contributed by atoms with Gasteiger partial charge in [0.1, 0.15) is 5.82 Å². The minimum atomic E-state index is -0.408. The van der Waals surface area contributed by atoms with Gasteiger partial charge in [0.2, 0.25) is 0 Å². The standard InChI is InChI=1S/C11H13ClFNO2/c12-9-7-8(1-2-10(9)13)14-4-3-11-15-5-6-16-11/h1-2,7,11,14H,3-6H2. The van der Waals surface area contributed by atoms with Crippen molar-refractivity contribution in [2.75, 3.05) is 25.1 Å². The summed E-state index contributed by atoms with van der Waals surface area (Å²) in [7, 11) is 0. The lowest BCUT2D eigenvalue weighted by Crippen LogP contribution is -2.14. The Morgan fingerprint density at radius 1 is 1.38 bits per heavy atom. The summed E-state index contributed by atoms with van der Waals surface area (Å²) in [5.74, 6) is -0.408. The average molecular weight is 246 g/mol. The largest absolute Gasteiger partial charge is 0.385 e. The minimum Gasteiger partial charge on any atom is -0.385 e. The molecule has 0 radical (unpaired) electrons. The first-order valence-electron chi connectivity index (χ1n) is 5.18. The smallest absolute Gasteiger partial charge is 0.159 e. The van der Waals surface area contributed by atoms with Crippen molar-refractivity contribution in [1.29, 1.82) is 0 Å². The van der Waals surface area contributed by atoms with Crippen LogP contribution in [0.4, 0.5) is 10.1 Å². The molecule has 0 unspecified atom stereocenters. The van der Waals surface area contributed by atoms with Crippen molar-refractivity contribution < 1.29 is 13.9 Å². The Kier molecular flexibility index (Phi) is 3.98. The average Bonchev–Trinajstić information content (AvgIpc) is 2.76. The number of benzene rings is 1. The molecule has 1 N–H and O–H groups in total. The van der Waals surface area contributed by atoms with Gasteiger partial charge in [-0.25, -0.2) is 4.39 Å². The Labute approximate surface area is 98.5 Å². The zero-order valence-electron chi connectivity index (χ0n) is 8.71. The maximum atomic E-state index is 12.9. The number of halogens is 2.